The summed E-state index contributed by atoms with van der Waals surface area (Å²) < 4.78 is 0. The first-order chi connectivity index (χ1) is 10.2. The summed E-state index contributed by atoms with van der Waals surface area (Å²) in [6.07, 6.45) is 4.25. The summed E-state index contributed by atoms with van der Waals surface area (Å²) in [6.45, 7) is 2.57. The zero-order chi connectivity index (χ0) is 15.1. The molecular formula is C12H22N8O. The Labute approximate surface area is 123 Å². The minimum atomic E-state index is -0.277. The summed E-state index contributed by atoms with van der Waals surface area (Å²) in [5.74, 6) is 6.58. The maximum atomic E-state index is 10.6. The maximum Gasteiger partial charge on any atom is 0.243 e. The van der Waals surface area contributed by atoms with Crippen LogP contribution in [0.1, 0.15) is 32.1 Å². The molecule has 1 amide bonds. The van der Waals surface area contributed by atoms with Crippen LogP contribution >= 0.6 is 0 Å². The molecule has 0 saturated carbocycles. The number of aromatic nitrogens is 3. The highest BCUT2D eigenvalue weighted by atomic mass is 16.1. The molecule has 1 aromatic rings. The molecule has 0 aliphatic carbocycles. The van der Waals surface area contributed by atoms with Gasteiger partial charge in [0.25, 0.3) is 0 Å². The standard InChI is InChI=1S/C12H22N8O/c13-9(21)5-1-2-6-15-10-16-11(19-14)18-12(17-10)20-7-3-4-8-20/h1-8,14H2,(H2,13,21)(H2,15,16,17,18,19). The van der Waals surface area contributed by atoms with Crippen molar-refractivity contribution in [2.24, 2.45) is 11.6 Å². The quantitative estimate of drug-likeness (QED) is 0.295. The number of carbonyl (C=O) groups excluding carboxylic acids is 1. The van der Waals surface area contributed by atoms with Gasteiger partial charge in [0.15, 0.2) is 0 Å². The fraction of sp³-hybridized carbons (Fsp3) is 0.667. The summed E-state index contributed by atoms with van der Waals surface area (Å²) in [5.41, 5.74) is 7.55. The van der Waals surface area contributed by atoms with Crippen molar-refractivity contribution in [2.45, 2.75) is 32.1 Å². The molecule has 1 saturated heterocycles. The highest BCUT2D eigenvalue weighted by Gasteiger charge is 2.17. The van der Waals surface area contributed by atoms with Crippen molar-refractivity contribution < 1.29 is 4.79 Å². The molecule has 0 bridgehead atoms. The van der Waals surface area contributed by atoms with E-state index in [4.69, 9.17) is 11.6 Å². The van der Waals surface area contributed by atoms with Gasteiger partial charge in [0.05, 0.1) is 0 Å². The average molecular weight is 294 g/mol. The van der Waals surface area contributed by atoms with E-state index in [9.17, 15) is 4.79 Å². The van der Waals surface area contributed by atoms with E-state index in [0.29, 0.717) is 30.8 Å². The predicted octanol–water partition coefficient (Wildman–Crippen LogP) is -0.175. The van der Waals surface area contributed by atoms with Gasteiger partial charge in [-0.25, -0.2) is 5.84 Å². The van der Waals surface area contributed by atoms with Crippen LogP contribution in [0.4, 0.5) is 17.8 Å². The molecule has 1 aliphatic rings. The lowest BCUT2D eigenvalue weighted by molar-refractivity contribution is -0.118. The van der Waals surface area contributed by atoms with Crippen LogP contribution < -0.4 is 27.2 Å². The van der Waals surface area contributed by atoms with Gasteiger partial charge in [-0.05, 0) is 25.7 Å². The van der Waals surface area contributed by atoms with E-state index < -0.39 is 0 Å². The van der Waals surface area contributed by atoms with Crippen LogP contribution in [0.5, 0.6) is 0 Å². The van der Waals surface area contributed by atoms with E-state index in [0.717, 1.165) is 38.8 Å². The van der Waals surface area contributed by atoms with Gasteiger partial charge in [-0.1, -0.05) is 0 Å². The normalized spacial score (nSPS) is 14.2. The molecule has 2 heterocycles. The lowest BCUT2D eigenvalue weighted by Crippen LogP contribution is -2.23. The summed E-state index contributed by atoms with van der Waals surface area (Å²) in [4.78, 5) is 25.6. The van der Waals surface area contributed by atoms with Crippen LogP contribution in [0.3, 0.4) is 0 Å². The predicted molar refractivity (Wildman–Crippen MR) is 80.6 cm³/mol. The number of nitrogens with zero attached hydrogens (tertiary/aromatic N) is 4. The fourth-order valence-electron chi connectivity index (χ4n) is 2.19. The van der Waals surface area contributed by atoms with Crippen LogP contribution in [-0.2, 0) is 4.79 Å². The number of rotatable bonds is 8. The van der Waals surface area contributed by atoms with Crippen molar-refractivity contribution in [3.63, 3.8) is 0 Å². The molecule has 0 unspecified atom stereocenters. The Morgan fingerprint density at radius 1 is 1.14 bits per heavy atom. The molecule has 0 atom stereocenters. The minimum absolute atomic E-state index is 0.277. The SMILES string of the molecule is NNc1nc(NCCCCC(N)=O)nc(N2CCCC2)n1. The molecule has 0 aromatic carbocycles. The summed E-state index contributed by atoms with van der Waals surface area (Å²) in [5, 5.41) is 3.12. The molecule has 21 heavy (non-hydrogen) atoms. The van der Waals surface area contributed by atoms with Gasteiger partial charge >= 0.3 is 0 Å². The topological polar surface area (TPSA) is 135 Å². The molecule has 1 fully saturated rings. The monoisotopic (exact) mass is 294 g/mol. The number of hydrogen-bond acceptors (Lipinski definition) is 8. The second-order valence-electron chi connectivity index (χ2n) is 4.97. The molecule has 6 N–H and O–H groups in total. The van der Waals surface area contributed by atoms with Crippen molar-refractivity contribution in [1.29, 1.82) is 0 Å². The van der Waals surface area contributed by atoms with Gasteiger partial charge in [-0.15, -0.1) is 0 Å². The first-order valence-corrected chi connectivity index (χ1v) is 7.19. The van der Waals surface area contributed by atoms with Gasteiger partial charge in [0, 0.05) is 26.1 Å². The first-order valence-electron chi connectivity index (χ1n) is 7.19. The van der Waals surface area contributed by atoms with Crippen molar-refractivity contribution in [2.75, 3.05) is 35.3 Å². The Bertz CT molecular complexity index is 474. The second kappa shape index (κ2) is 7.58. The van der Waals surface area contributed by atoms with E-state index in [1.165, 1.54) is 0 Å². The van der Waals surface area contributed by atoms with E-state index in [1.54, 1.807) is 0 Å². The first kappa shape index (κ1) is 15.2. The van der Waals surface area contributed by atoms with E-state index in [1.807, 2.05) is 0 Å². The third-order valence-corrected chi connectivity index (χ3v) is 3.27. The number of amides is 1. The van der Waals surface area contributed by atoms with Crippen molar-refractivity contribution in [3.05, 3.63) is 0 Å². The van der Waals surface area contributed by atoms with Crippen LogP contribution in [0, 0.1) is 0 Å². The van der Waals surface area contributed by atoms with Crippen molar-refractivity contribution >= 4 is 23.8 Å². The summed E-state index contributed by atoms with van der Waals surface area (Å²) in [7, 11) is 0. The van der Waals surface area contributed by atoms with Crippen molar-refractivity contribution in [3.8, 4) is 0 Å². The molecule has 116 valence electrons. The summed E-state index contributed by atoms with van der Waals surface area (Å²) >= 11 is 0. The highest BCUT2D eigenvalue weighted by molar-refractivity contribution is 5.73. The third kappa shape index (κ3) is 4.71. The van der Waals surface area contributed by atoms with E-state index in [2.05, 4.69) is 30.6 Å². The molecule has 9 heteroatoms. The third-order valence-electron chi connectivity index (χ3n) is 3.27. The smallest absolute Gasteiger partial charge is 0.243 e. The van der Waals surface area contributed by atoms with Crippen LogP contribution in [0.2, 0.25) is 0 Å². The molecule has 0 spiro atoms. The van der Waals surface area contributed by atoms with Gasteiger partial charge < -0.3 is 16.0 Å². The Hall–Kier alpha value is -2.16. The van der Waals surface area contributed by atoms with Gasteiger partial charge in [0.1, 0.15) is 0 Å². The fourth-order valence-corrected chi connectivity index (χ4v) is 2.19. The van der Waals surface area contributed by atoms with Gasteiger partial charge in [-0.2, -0.15) is 15.0 Å². The molecule has 1 aromatic heterocycles. The highest BCUT2D eigenvalue weighted by Crippen LogP contribution is 2.18. The number of anilines is 3. The average Bonchev–Trinajstić information content (AvgIpc) is 3.00. The number of nitrogens with two attached hydrogens (primary N) is 2. The molecular weight excluding hydrogens is 272 g/mol. The molecule has 0 radical (unpaired) electrons. The van der Waals surface area contributed by atoms with Gasteiger partial charge in [-0.3, -0.25) is 10.2 Å². The lowest BCUT2D eigenvalue weighted by atomic mass is 10.2. The number of hydrogen-bond donors (Lipinski definition) is 4. The number of carbonyl (C=O) groups is 1. The van der Waals surface area contributed by atoms with E-state index >= 15 is 0 Å². The second-order valence-corrected chi connectivity index (χ2v) is 4.97. The Balaban J connectivity index is 1.91. The lowest BCUT2D eigenvalue weighted by Gasteiger charge is -2.16. The van der Waals surface area contributed by atoms with Crippen LogP contribution in [0.15, 0.2) is 0 Å². The maximum absolute atomic E-state index is 10.6. The molecule has 1 aliphatic heterocycles. The largest absolute Gasteiger partial charge is 0.370 e. The number of nitrogens with one attached hydrogen (secondary N) is 2. The number of unbranched alkanes of at least 4 members (excludes halogenated alkanes) is 1. The van der Waals surface area contributed by atoms with Crippen LogP contribution in [-0.4, -0.2) is 40.5 Å². The Kier molecular flexibility index (Phi) is 5.50. The Morgan fingerprint density at radius 3 is 2.52 bits per heavy atom. The number of nitrogen functional groups attached to an aromatic ring is 1. The molecule has 2 rings (SSSR count). The van der Waals surface area contributed by atoms with Gasteiger partial charge in [0.2, 0.25) is 23.8 Å². The Morgan fingerprint density at radius 2 is 1.86 bits per heavy atom. The zero-order valence-corrected chi connectivity index (χ0v) is 12.0. The molecule has 9 nitrogen and oxygen atoms in total. The number of primary amides is 1. The number of hydrazine groups is 1. The minimum Gasteiger partial charge on any atom is -0.370 e. The zero-order valence-electron chi connectivity index (χ0n) is 12.0. The summed E-state index contributed by atoms with van der Waals surface area (Å²) in [6, 6.07) is 0. The van der Waals surface area contributed by atoms with E-state index in [-0.39, 0.29) is 5.91 Å². The van der Waals surface area contributed by atoms with Crippen LogP contribution in [0.25, 0.3) is 0 Å². The van der Waals surface area contributed by atoms with Crippen molar-refractivity contribution in [1.82, 2.24) is 15.0 Å².